The monoisotopic (exact) mass is 519 g/mol. The summed E-state index contributed by atoms with van der Waals surface area (Å²) in [5.41, 5.74) is 2.63. The van der Waals surface area contributed by atoms with E-state index in [1.165, 1.54) is 17.4 Å². The van der Waals surface area contributed by atoms with E-state index in [-0.39, 0.29) is 12.5 Å². The highest BCUT2D eigenvalue weighted by Crippen LogP contribution is 2.36. The first kappa shape index (κ1) is 23.1. The van der Waals surface area contributed by atoms with E-state index in [1.807, 2.05) is 29.6 Å². The van der Waals surface area contributed by atoms with Crippen LogP contribution in [0.3, 0.4) is 0 Å². The zero-order valence-corrected chi connectivity index (χ0v) is 19.9. The number of rotatable bonds is 7. The second-order valence-electron chi connectivity index (χ2n) is 6.30. The van der Waals surface area contributed by atoms with Gasteiger partial charge in [0.15, 0.2) is 0 Å². The number of halogens is 2. The van der Waals surface area contributed by atoms with E-state index in [9.17, 15) is 9.59 Å². The van der Waals surface area contributed by atoms with E-state index in [0.717, 1.165) is 15.6 Å². The van der Waals surface area contributed by atoms with Gasteiger partial charge in [-0.2, -0.15) is 0 Å². The number of methoxy groups -OCH3 is 1. The minimum Gasteiger partial charge on any atom is -0.496 e. The molecule has 160 valence electrons. The number of carbonyl (C=O) groups is 2. The molecule has 0 saturated heterocycles. The molecule has 0 aliphatic carbocycles. The Balaban J connectivity index is 1.84. The van der Waals surface area contributed by atoms with Crippen LogP contribution in [-0.4, -0.2) is 25.6 Å². The van der Waals surface area contributed by atoms with Crippen molar-refractivity contribution in [3.8, 4) is 16.9 Å². The fraction of sp³-hybridized carbons (Fsp3) is 0.130. The third-order valence-corrected chi connectivity index (χ3v) is 6.03. The van der Waals surface area contributed by atoms with Crippen LogP contribution in [0.5, 0.6) is 5.75 Å². The van der Waals surface area contributed by atoms with Crippen molar-refractivity contribution < 1.29 is 19.1 Å². The van der Waals surface area contributed by atoms with Gasteiger partial charge in [-0.3, -0.25) is 4.79 Å². The van der Waals surface area contributed by atoms with Gasteiger partial charge in [-0.05, 0) is 64.3 Å². The second-order valence-corrected chi connectivity index (χ2v) is 8.47. The first-order chi connectivity index (χ1) is 14.9. The highest BCUT2D eigenvalue weighted by atomic mass is 79.9. The van der Waals surface area contributed by atoms with Gasteiger partial charge in [0.2, 0.25) is 5.91 Å². The molecule has 0 atom stereocenters. The van der Waals surface area contributed by atoms with Gasteiger partial charge < -0.3 is 14.8 Å². The molecule has 1 heterocycles. The van der Waals surface area contributed by atoms with Crippen molar-refractivity contribution in [1.29, 1.82) is 0 Å². The molecule has 0 saturated carbocycles. The predicted molar refractivity (Wildman–Crippen MR) is 129 cm³/mol. The topological polar surface area (TPSA) is 64.6 Å². The molecule has 0 unspecified atom stereocenters. The Morgan fingerprint density at radius 3 is 2.58 bits per heavy atom. The number of ether oxygens (including phenoxy) is 2. The lowest BCUT2D eigenvalue weighted by Crippen LogP contribution is -2.12. The Morgan fingerprint density at radius 2 is 1.94 bits per heavy atom. The number of carbonyl (C=O) groups excluding carboxylic acids is 2. The summed E-state index contributed by atoms with van der Waals surface area (Å²) < 4.78 is 11.2. The number of hydrogen-bond donors (Lipinski definition) is 1. The van der Waals surface area contributed by atoms with E-state index in [4.69, 9.17) is 21.1 Å². The molecule has 1 amide bonds. The Hall–Kier alpha value is -2.61. The molecular weight excluding hydrogens is 502 g/mol. The Kier molecular flexibility index (Phi) is 7.90. The zero-order chi connectivity index (χ0) is 22.4. The Bertz CT molecular complexity index is 1130. The summed E-state index contributed by atoms with van der Waals surface area (Å²) in [4.78, 5) is 25.1. The quantitative estimate of drug-likeness (QED) is 0.279. The average Bonchev–Trinajstić information content (AvgIpc) is 3.16. The maximum atomic E-state index is 12.6. The maximum Gasteiger partial charge on any atom is 0.341 e. The third kappa shape index (κ3) is 5.76. The van der Waals surface area contributed by atoms with Gasteiger partial charge in [0.1, 0.15) is 16.3 Å². The zero-order valence-electron chi connectivity index (χ0n) is 16.8. The van der Waals surface area contributed by atoms with Crippen molar-refractivity contribution in [3.63, 3.8) is 0 Å². The van der Waals surface area contributed by atoms with E-state index in [1.54, 1.807) is 38.3 Å². The van der Waals surface area contributed by atoms with Crippen LogP contribution >= 0.6 is 38.9 Å². The smallest absolute Gasteiger partial charge is 0.341 e. The Morgan fingerprint density at radius 1 is 1.19 bits per heavy atom. The number of hydrogen-bond acceptors (Lipinski definition) is 5. The van der Waals surface area contributed by atoms with Crippen molar-refractivity contribution in [2.24, 2.45) is 0 Å². The Labute approximate surface area is 197 Å². The average molecular weight is 521 g/mol. The molecule has 2 aromatic carbocycles. The lowest BCUT2D eigenvalue weighted by Gasteiger charge is -2.08. The van der Waals surface area contributed by atoms with Crippen LogP contribution in [0.1, 0.15) is 22.8 Å². The maximum absolute atomic E-state index is 12.6. The van der Waals surface area contributed by atoms with Crippen molar-refractivity contribution in [3.05, 3.63) is 74.5 Å². The van der Waals surface area contributed by atoms with Crippen molar-refractivity contribution in [2.75, 3.05) is 19.0 Å². The summed E-state index contributed by atoms with van der Waals surface area (Å²) in [6.45, 7) is 1.97. The molecule has 1 aromatic heterocycles. The van der Waals surface area contributed by atoms with Gasteiger partial charge >= 0.3 is 5.97 Å². The number of anilines is 1. The molecule has 5 nitrogen and oxygen atoms in total. The number of amides is 1. The molecule has 0 aliphatic rings. The number of nitrogens with one attached hydrogen (secondary N) is 1. The van der Waals surface area contributed by atoms with Crippen LogP contribution in [0.15, 0.2) is 58.4 Å². The molecule has 31 heavy (non-hydrogen) atoms. The molecular formula is C23H19BrClNO4S. The number of thiophene rings is 1. The normalized spacial score (nSPS) is 10.8. The van der Waals surface area contributed by atoms with E-state index >= 15 is 0 Å². The van der Waals surface area contributed by atoms with Gasteiger partial charge in [-0.1, -0.05) is 29.8 Å². The van der Waals surface area contributed by atoms with Crippen LogP contribution in [0, 0.1) is 0 Å². The summed E-state index contributed by atoms with van der Waals surface area (Å²) in [6.07, 6.45) is 3.09. The molecule has 0 spiro atoms. The van der Waals surface area contributed by atoms with Crippen LogP contribution < -0.4 is 10.1 Å². The first-order valence-corrected chi connectivity index (χ1v) is 11.3. The molecule has 8 heteroatoms. The van der Waals surface area contributed by atoms with E-state index in [0.29, 0.717) is 26.9 Å². The summed E-state index contributed by atoms with van der Waals surface area (Å²) >= 11 is 10.7. The number of benzene rings is 2. The summed E-state index contributed by atoms with van der Waals surface area (Å²) in [6, 6.07) is 12.6. The lowest BCUT2D eigenvalue weighted by atomic mass is 10.0. The standard InChI is InChI=1S/C23H19BrClNO4S/c1-3-30-23(28)21-17(15-6-8-16(25)9-7-15)13-31-22(21)26-20(27)11-5-14-4-10-19(29-2)18(24)12-14/h4-13H,3H2,1-2H3,(H,26,27)/b11-5+. The fourth-order valence-electron chi connectivity index (χ4n) is 2.81. The second kappa shape index (κ2) is 10.6. The molecule has 0 radical (unpaired) electrons. The van der Waals surface area contributed by atoms with Gasteiger partial charge in [0.25, 0.3) is 0 Å². The fourth-order valence-corrected chi connectivity index (χ4v) is 4.45. The van der Waals surface area contributed by atoms with E-state index < -0.39 is 5.97 Å². The third-order valence-electron chi connectivity index (χ3n) is 4.27. The van der Waals surface area contributed by atoms with Gasteiger partial charge in [0, 0.05) is 22.0 Å². The molecule has 3 aromatic rings. The van der Waals surface area contributed by atoms with Crippen LogP contribution in [0.4, 0.5) is 5.00 Å². The highest BCUT2D eigenvalue weighted by molar-refractivity contribution is 9.10. The van der Waals surface area contributed by atoms with E-state index in [2.05, 4.69) is 21.2 Å². The molecule has 0 aliphatic heterocycles. The minimum atomic E-state index is -0.493. The summed E-state index contributed by atoms with van der Waals surface area (Å²) in [5.74, 6) is -0.150. The lowest BCUT2D eigenvalue weighted by molar-refractivity contribution is -0.111. The molecule has 3 rings (SSSR count). The summed E-state index contributed by atoms with van der Waals surface area (Å²) in [7, 11) is 1.59. The van der Waals surface area contributed by atoms with Crippen LogP contribution in [0.25, 0.3) is 17.2 Å². The van der Waals surface area contributed by atoms with Gasteiger partial charge in [0.05, 0.1) is 18.2 Å². The van der Waals surface area contributed by atoms with Crippen LogP contribution in [0.2, 0.25) is 5.02 Å². The van der Waals surface area contributed by atoms with Crippen molar-refractivity contribution in [2.45, 2.75) is 6.92 Å². The van der Waals surface area contributed by atoms with Crippen LogP contribution in [-0.2, 0) is 9.53 Å². The van der Waals surface area contributed by atoms with Gasteiger partial charge in [-0.15, -0.1) is 11.3 Å². The molecule has 0 bridgehead atoms. The molecule has 0 fully saturated rings. The van der Waals surface area contributed by atoms with Gasteiger partial charge in [-0.25, -0.2) is 4.79 Å². The van der Waals surface area contributed by atoms with Crippen molar-refractivity contribution >= 4 is 61.8 Å². The first-order valence-electron chi connectivity index (χ1n) is 9.30. The minimum absolute atomic E-state index is 0.231. The summed E-state index contributed by atoms with van der Waals surface area (Å²) in [5, 5.41) is 5.63. The van der Waals surface area contributed by atoms with Crippen molar-refractivity contribution in [1.82, 2.24) is 0 Å². The highest BCUT2D eigenvalue weighted by Gasteiger charge is 2.22. The SMILES string of the molecule is CCOC(=O)c1c(-c2ccc(Cl)cc2)csc1NC(=O)/C=C/c1ccc(OC)c(Br)c1. The number of esters is 1. The largest absolute Gasteiger partial charge is 0.496 e. The molecule has 1 N–H and O–H groups in total. The predicted octanol–water partition coefficient (Wildman–Crippen LogP) is 6.67.